The van der Waals surface area contributed by atoms with Gasteiger partial charge in [-0.25, -0.2) is 0 Å². The molecule has 2 atom stereocenters. The number of piperidine rings is 1. The number of hydrogen-bond donors (Lipinski definition) is 1. The van der Waals surface area contributed by atoms with E-state index in [1.165, 1.54) is 37.1 Å². The predicted octanol–water partition coefficient (Wildman–Crippen LogP) is 3.93. The van der Waals surface area contributed by atoms with Crippen LogP contribution in [-0.2, 0) is 0 Å². The largest absolute Gasteiger partial charge is 0.320 e. The summed E-state index contributed by atoms with van der Waals surface area (Å²) >= 11 is 7.78. The van der Waals surface area contributed by atoms with Gasteiger partial charge < -0.3 is 5.32 Å². The van der Waals surface area contributed by atoms with Gasteiger partial charge in [-0.15, -0.1) is 11.3 Å². The van der Waals surface area contributed by atoms with Gasteiger partial charge in [-0.05, 0) is 58.5 Å². The molecule has 2 nitrogen and oxygen atoms in total. The van der Waals surface area contributed by atoms with E-state index < -0.39 is 0 Å². The van der Waals surface area contributed by atoms with Crippen molar-refractivity contribution in [2.24, 2.45) is 0 Å². The number of nitrogens with zero attached hydrogens (tertiary/aromatic N) is 1. The summed E-state index contributed by atoms with van der Waals surface area (Å²) in [6.45, 7) is 4.66. The van der Waals surface area contributed by atoms with Gasteiger partial charge in [0.15, 0.2) is 0 Å². The van der Waals surface area contributed by atoms with Gasteiger partial charge in [-0.2, -0.15) is 0 Å². The van der Waals surface area contributed by atoms with Crippen LogP contribution >= 0.6 is 22.9 Å². The highest BCUT2D eigenvalue weighted by Crippen LogP contribution is 2.34. The standard InChI is InChI=1S/C14H23ClN2S/c1-11(13-6-7-14(15)18-13)17-10-4-3-5-12(17)8-9-16-2/h6-7,11-12,16H,3-5,8-10H2,1-2H3. The van der Waals surface area contributed by atoms with Crippen molar-refractivity contribution in [3.05, 3.63) is 21.3 Å². The highest BCUT2D eigenvalue weighted by atomic mass is 35.5. The fourth-order valence-corrected chi connectivity index (χ4v) is 4.00. The molecule has 1 aromatic rings. The van der Waals surface area contributed by atoms with Crippen molar-refractivity contribution in [3.63, 3.8) is 0 Å². The van der Waals surface area contributed by atoms with E-state index in [4.69, 9.17) is 11.6 Å². The second-order valence-electron chi connectivity index (χ2n) is 5.10. The molecule has 4 heteroatoms. The van der Waals surface area contributed by atoms with Crippen LogP contribution in [0, 0.1) is 0 Å². The number of likely N-dealkylation sites (tertiary alicyclic amines) is 1. The van der Waals surface area contributed by atoms with E-state index in [9.17, 15) is 0 Å². The van der Waals surface area contributed by atoms with Crippen LogP contribution in [0.1, 0.15) is 43.5 Å². The number of nitrogens with one attached hydrogen (secondary N) is 1. The molecule has 102 valence electrons. The number of thiophene rings is 1. The average molecular weight is 287 g/mol. The monoisotopic (exact) mass is 286 g/mol. The van der Waals surface area contributed by atoms with Crippen LogP contribution in [0.5, 0.6) is 0 Å². The second kappa shape index (κ2) is 6.90. The Morgan fingerprint density at radius 2 is 2.33 bits per heavy atom. The van der Waals surface area contributed by atoms with Gasteiger partial charge in [0, 0.05) is 17.0 Å². The minimum Gasteiger partial charge on any atom is -0.320 e. The third-order valence-corrected chi connectivity index (χ3v) is 5.30. The summed E-state index contributed by atoms with van der Waals surface area (Å²) in [6.07, 6.45) is 5.30. The van der Waals surface area contributed by atoms with Crippen molar-refractivity contribution < 1.29 is 0 Å². The molecule has 2 unspecified atom stereocenters. The Bertz CT molecular complexity index is 366. The third-order valence-electron chi connectivity index (χ3n) is 3.90. The van der Waals surface area contributed by atoms with Crippen molar-refractivity contribution >= 4 is 22.9 Å². The lowest BCUT2D eigenvalue weighted by molar-refractivity contribution is 0.0988. The second-order valence-corrected chi connectivity index (χ2v) is 6.84. The number of rotatable bonds is 5. The van der Waals surface area contributed by atoms with E-state index in [2.05, 4.69) is 23.2 Å². The zero-order valence-corrected chi connectivity index (χ0v) is 12.9. The van der Waals surface area contributed by atoms with Crippen molar-refractivity contribution in [2.45, 2.75) is 44.7 Å². The molecule has 1 saturated heterocycles. The molecule has 1 N–H and O–H groups in total. The third kappa shape index (κ3) is 3.47. The van der Waals surface area contributed by atoms with Crippen LogP contribution in [0.4, 0.5) is 0 Å². The quantitative estimate of drug-likeness (QED) is 0.882. The fraction of sp³-hybridized carbons (Fsp3) is 0.714. The van der Waals surface area contributed by atoms with Crippen LogP contribution in [-0.4, -0.2) is 31.1 Å². The summed E-state index contributed by atoms with van der Waals surface area (Å²) in [5.74, 6) is 0. The van der Waals surface area contributed by atoms with Crippen molar-refractivity contribution in [3.8, 4) is 0 Å². The summed E-state index contributed by atoms with van der Waals surface area (Å²) in [5.41, 5.74) is 0. The highest BCUT2D eigenvalue weighted by molar-refractivity contribution is 7.16. The SMILES string of the molecule is CNCCC1CCCCN1C(C)c1ccc(Cl)s1. The van der Waals surface area contributed by atoms with Crippen molar-refractivity contribution in [1.82, 2.24) is 10.2 Å². The predicted molar refractivity (Wildman–Crippen MR) is 80.6 cm³/mol. The van der Waals surface area contributed by atoms with Gasteiger partial charge in [0.25, 0.3) is 0 Å². The first-order valence-electron chi connectivity index (χ1n) is 6.88. The lowest BCUT2D eigenvalue weighted by Crippen LogP contribution is -2.42. The molecule has 1 aliphatic heterocycles. The topological polar surface area (TPSA) is 15.3 Å². The molecule has 0 aromatic carbocycles. The van der Waals surface area contributed by atoms with E-state index in [0.29, 0.717) is 6.04 Å². The average Bonchev–Trinajstić information content (AvgIpc) is 2.82. The molecule has 18 heavy (non-hydrogen) atoms. The molecule has 0 aliphatic carbocycles. The normalized spacial score (nSPS) is 23.2. The molecule has 1 fully saturated rings. The lowest BCUT2D eigenvalue weighted by atomic mass is 9.97. The molecule has 1 aromatic heterocycles. The van der Waals surface area contributed by atoms with Crippen LogP contribution in [0.3, 0.4) is 0 Å². The molecule has 0 amide bonds. The minimum absolute atomic E-state index is 0.504. The molecular formula is C14H23ClN2S. The molecule has 0 radical (unpaired) electrons. The maximum absolute atomic E-state index is 6.05. The van der Waals surface area contributed by atoms with Gasteiger partial charge in [0.2, 0.25) is 0 Å². The summed E-state index contributed by atoms with van der Waals surface area (Å²) in [7, 11) is 2.04. The maximum Gasteiger partial charge on any atom is 0.0931 e. The Labute approximate surface area is 119 Å². The van der Waals surface area contributed by atoms with Crippen LogP contribution in [0.2, 0.25) is 4.34 Å². The summed E-state index contributed by atoms with van der Waals surface area (Å²) in [4.78, 5) is 4.07. The molecule has 2 heterocycles. The van der Waals surface area contributed by atoms with Gasteiger partial charge in [-0.1, -0.05) is 18.0 Å². The van der Waals surface area contributed by atoms with Crippen molar-refractivity contribution in [2.75, 3.05) is 20.1 Å². The molecule has 2 rings (SSSR count). The van der Waals surface area contributed by atoms with Crippen molar-refractivity contribution in [1.29, 1.82) is 0 Å². The Morgan fingerprint density at radius 1 is 1.50 bits per heavy atom. The summed E-state index contributed by atoms with van der Waals surface area (Å²) < 4.78 is 0.903. The van der Waals surface area contributed by atoms with E-state index in [0.717, 1.165) is 16.9 Å². The Morgan fingerprint density at radius 3 is 3.00 bits per heavy atom. The Hall–Kier alpha value is -0.0900. The zero-order chi connectivity index (χ0) is 13.0. The molecule has 0 saturated carbocycles. The lowest BCUT2D eigenvalue weighted by Gasteiger charge is -2.39. The molecule has 1 aliphatic rings. The van der Waals surface area contributed by atoms with E-state index >= 15 is 0 Å². The summed E-state index contributed by atoms with van der Waals surface area (Å²) in [6, 6.07) is 5.43. The van der Waals surface area contributed by atoms with Crippen LogP contribution < -0.4 is 5.32 Å². The van der Waals surface area contributed by atoms with Gasteiger partial charge in [0.05, 0.1) is 4.34 Å². The zero-order valence-electron chi connectivity index (χ0n) is 11.3. The smallest absolute Gasteiger partial charge is 0.0931 e. The van der Waals surface area contributed by atoms with Gasteiger partial charge in [0.1, 0.15) is 0 Å². The molecule has 0 bridgehead atoms. The van der Waals surface area contributed by atoms with E-state index in [1.54, 1.807) is 11.3 Å². The minimum atomic E-state index is 0.504. The van der Waals surface area contributed by atoms with Gasteiger partial charge in [-0.3, -0.25) is 4.90 Å². The van der Waals surface area contributed by atoms with E-state index in [-0.39, 0.29) is 0 Å². The first-order chi connectivity index (χ1) is 8.72. The maximum atomic E-state index is 6.05. The fourth-order valence-electron chi connectivity index (χ4n) is 2.87. The first kappa shape index (κ1) is 14.3. The Balaban J connectivity index is 2.03. The van der Waals surface area contributed by atoms with Gasteiger partial charge >= 0.3 is 0 Å². The number of halogens is 1. The first-order valence-corrected chi connectivity index (χ1v) is 8.07. The Kier molecular flexibility index (Phi) is 5.49. The molecular weight excluding hydrogens is 264 g/mol. The van der Waals surface area contributed by atoms with Crippen LogP contribution in [0.25, 0.3) is 0 Å². The molecule has 0 spiro atoms. The van der Waals surface area contributed by atoms with Crippen LogP contribution in [0.15, 0.2) is 12.1 Å². The number of hydrogen-bond acceptors (Lipinski definition) is 3. The highest BCUT2D eigenvalue weighted by Gasteiger charge is 2.27. The van der Waals surface area contributed by atoms with E-state index in [1.807, 2.05) is 13.1 Å². The summed E-state index contributed by atoms with van der Waals surface area (Å²) in [5, 5.41) is 3.27.